The Labute approximate surface area is 149 Å². The fourth-order valence-electron chi connectivity index (χ4n) is 2.49. The second kappa shape index (κ2) is 8.78. The molecule has 8 heteroatoms. The van der Waals surface area contributed by atoms with Gasteiger partial charge in [-0.3, -0.25) is 9.10 Å². The monoisotopic (exact) mass is 375 g/mol. The number of halogens is 1. The maximum absolute atomic E-state index is 12.5. The predicted octanol–water partition coefficient (Wildman–Crippen LogP) is 2.82. The van der Waals surface area contributed by atoms with E-state index in [0.29, 0.717) is 18.0 Å². The summed E-state index contributed by atoms with van der Waals surface area (Å²) < 4.78 is 24.3. The van der Waals surface area contributed by atoms with E-state index >= 15 is 0 Å². The van der Waals surface area contributed by atoms with Crippen LogP contribution in [0.2, 0.25) is 5.15 Å². The molecule has 0 unspecified atom stereocenters. The molecular weight excluding hydrogens is 350 g/mol. The Bertz CT molecular complexity index is 675. The van der Waals surface area contributed by atoms with E-state index in [0.717, 1.165) is 30.1 Å². The molecule has 0 spiro atoms. The second-order valence-corrected chi connectivity index (χ2v) is 8.20. The number of rotatable bonds is 9. The first-order valence-corrected chi connectivity index (χ1v) is 10.2. The zero-order valence-electron chi connectivity index (χ0n) is 14.9. The van der Waals surface area contributed by atoms with Crippen molar-refractivity contribution in [3.63, 3.8) is 0 Å². The van der Waals surface area contributed by atoms with Gasteiger partial charge in [-0.2, -0.15) is 0 Å². The van der Waals surface area contributed by atoms with Gasteiger partial charge in [0.2, 0.25) is 10.0 Å². The van der Waals surface area contributed by atoms with Crippen LogP contribution >= 0.6 is 11.6 Å². The molecule has 0 aliphatic heterocycles. The van der Waals surface area contributed by atoms with Gasteiger partial charge in [0.05, 0.1) is 6.26 Å². The summed E-state index contributed by atoms with van der Waals surface area (Å²) in [6, 6.07) is 3.25. The maximum atomic E-state index is 12.5. The Morgan fingerprint density at radius 1 is 1.29 bits per heavy atom. The van der Waals surface area contributed by atoms with Crippen molar-refractivity contribution < 1.29 is 13.2 Å². The highest BCUT2D eigenvalue weighted by molar-refractivity contribution is 7.92. The molecule has 0 amide bonds. The lowest BCUT2D eigenvalue weighted by molar-refractivity contribution is 0.0964. The first-order chi connectivity index (χ1) is 11.1. The number of carbonyl (C=O) groups is 1. The van der Waals surface area contributed by atoms with Crippen LogP contribution in [0.15, 0.2) is 12.1 Å². The van der Waals surface area contributed by atoms with E-state index in [1.807, 2.05) is 0 Å². The minimum absolute atomic E-state index is 0.0681. The summed E-state index contributed by atoms with van der Waals surface area (Å²) in [6.07, 6.45) is 2.18. The van der Waals surface area contributed by atoms with Crippen molar-refractivity contribution >= 4 is 33.2 Å². The van der Waals surface area contributed by atoms with Crippen LogP contribution in [0.4, 0.5) is 5.82 Å². The molecule has 1 aromatic heterocycles. The summed E-state index contributed by atoms with van der Waals surface area (Å²) in [6.45, 7) is 8.17. The van der Waals surface area contributed by atoms with Crippen LogP contribution in [0.1, 0.15) is 44.0 Å². The Balaban J connectivity index is 2.90. The van der Waals surface area contributed by atoms with Gasteiger partial charge in [-0.25, -0.2) is 13.4 Å². The van der Waals surface area contributed by atoms with E-state index in [-0.39, 0.29) is 16.8 Å². The lowest BCUT2D eigenvalue weighted by Crippen LogP contribution is -2.33. The van der Waals surface area contributed by atoms with Gasteiger partial charge < -0.3 is 4.90 Å². The van der Waals surface area contributed by atoms with E-state index < -0.39 is 10.0 Å². The maximum Gasteiger partial charge on any atom is 0.233 e. The van der Waals surface area contributed by atoms with Crippen LogP contribution in [0, 0.1) is 0 Å². The molecule has 0 radical (unpaired) electrons. The van der Waals surface area contributed by atoms with E-state index in [1.165, 1.54) is 19.2 Å². The van der Waals surface area contributed by atoms with E-state index in [2.05, 4.69) is 30.7 Å². The van der Waals surface area contributed by atoms with Crippen LogP contribution in [-0.4, -0.2) is 56.5 Å². The summed E-state index contributed by atoms with van der Waals surface area (Å²) >= 11 is 5.95. The minimum atomic E-state index is -3.46. The van der Waals surface area contributed by atoms with Gasteiger partial charge in [0.25, 0.3) is 0 Å². The van der Waals surface area contributed by atoms with Crippen molar-refractivity contribution in [1.29, 1.82) is 0 Å². The minimum Gasteiger partial charge on any atom is -0.301 e. The molecule has 6 nitrogen and oxygen atoms in total. The lowest BCUT2D eigenvalue weighted by Gasteiger charge is -2.26. The molecule has 0 aliphatic carbocycles. The summed E-state index contributed by atoms with van der Waals surface area (Å²) in [5.74, 6) is 0.0756. The first-order valence-electron chi connectivity index (χ1n) is 7.98. The molecule has 1 heterocycles. The summed E-state index contributed by atoms with van der Waals surface area (Å²) in [5.41, 5.74) is 0.382. The normalized spacial score (nSPS) is 13.1. The highest BCUT2D eigenvalue weighted by Crippen LogP contribution is 2.21. The number of carbonyl (C=O) groups excluding carboxylic acids is 1. The van der Waals surface area contributed by atoms with Gasteiger partial charge in [-0.05, 0) is 38.6 Å². The van der Waals surface area contributed by atoms with Crippen molar-refractivity contribution in [1.82, 2.24) is 9.88 Å². The Hall–Kier alpha value is -1.18. The number of nitrogens with zero attached hydrogens (tertiary/aromatic N) is 3. The molecule has 1 atom stereocenters. The number of pyridine rings is 1. The molecular formula is C16H26ClN3O3S. The van der Waals surface area contributed by atoms with Crippen LogP contribution in [0.3, 0.4) is 0 Å². The van der Waals surface area contributed by atoms with Gasteiger partial charge in [-0.1, -0.05) is 25.4 Å². The van der Waals surface area contributed by atoms with Crippen LogP contribution in [0.25, 0.3) is 0 Å². The third kappa shape index (κ3) is 5.72. The topological polar surface area (TPSA) is 70.6 Å². The summed E-state index contributed by atoms with van der Waals surface area (Å²) in [4.78, 5) is 18.7. The number of aromatic nitrogens is 1. The molecule has 24 heavy (non-hydrogen) atoms. The Kier molecular flexibility index (Phi) is 7.63. The van der Waals surface area contributed by atoms with E-state index in [4.69, 9.17) is 11.6 Å². The Morgan fingerprint density at radius 3 is 2.38 bits per heavy atom. The van der Waals surface area contributed by atoms with Crippen molar-refractivity contribution in [2.45, 2.75) is 39.7 Å². The Morgan fingerprint density at radius 2 is 1.88 bits per heavy atom. The fourth-order valence-corrected chi connectivity index (χ4v) is 3.13. The summed E-state index contributed by atoms with van der Waals surface area (Å²) in [7, 11) is -2.08. The SMILES string of the molecule is CCN(CC)[C@@H](C)CCC(=O)c1cc(Cl)nc(N(C)S(C)(=O)=O)c1. The number of Topliss-reactive ketones (excluding diaryl/α,β-unsaturated/α-hetero) is 1. The number of ketones is 1. The molecule has 0 N–H and O–H groups in total. The second-order valence-electron chi connectivity index (χ2n) is 5.80. The van der Waals surface area contributed by atoms with Crippen LogP contribution in [-0.2, 0) is 10.0 Å². The zero-order valence-corrected chi connectivity index (χ0v) is 16.5. The molecule has 1 rings (SSSR count). The van der Waals surface area contributed by atoms with Gasteiger partial charge in [0.15, 0.2) is 5.78 Å². The lowest BCUT2D eigenvalue weighted by atomic mass is 10.0. The quantitative estimate of drug-likeness (QED) is 0.490. The molecule has 0 fully saturated rings. The third-order valence-electron chi connectivity index (χ3n) is 4.15. The molecule has 0 saturated heterocycles. The van der Waals surface area contributed by atoms with Crippen molar-refractivity contribution in [3.8, 4) is 0 Å². The number of anilines is 1. The van der Waals surface area contributed by atoms with Crippen molar-refractivity contribution in [3.05, 3.63) is 22.8 Å². The van der Waals surface area contributed by atoms with Crippen LogP contribution in [0.5, 0.6) is 0 Å². The van der Waals surface area contributed by atoms with Gasteiger partial charge in [-0.15, -0.1) is 0 Å². The van der Waals surface area contributed by atoms with Gasteiger partial charge >= 0.3 is 0 Å². The van der Waals surface area contributed by atoms with Crippen LogP contribution < -0.4 is 4.31 Å². The molecule has 0 bridgehead atoms. The highest BCUT2D eigenvalue weighted by Gasteiger charge is 2.18. The average molecular weight is 376 g/mol. The standard InChI is InChI=1S/C16H26ClN3O3S/c1-6-20(7-2)12(3)8-9-14(21)13-10-15(17)18-16(11-13)19(4)24(5,22)23/h10-12H,6-9H2,1-5H3/t12-/m0/s1. The molecule has 136 valence electrons. The molecule has 0 aromatic carbocycles. The van der Waals surface area contributed by atoms with Gasteiger partial charge in [0, 0.05) is 25.1 Å². The van der Waals surface area contributed by atoms with Crippen molar-refractivity contribution in [2.24, 2.45) is 0 Å². The molecule has 0 aliphatic rings. The van der Waals surface area contributed by atoms with Gasteiger partial charge in [0.1, 0.15) is 11.0 Å². The zero-order chi connectivity index (χ0) is 18.5. The number of hydrogen-bond acceptors (Lipinski definition) is 5. The largest absolute Gasteiger partial charge is 0.301 e. The fraction of sp³-hybridized carbons (Fsp3) is 0.625. The average Bonchev–Trinajstić information content (AvgIpc) is 2.51. The van der Waals surface area contributed by atoms with E-state index in [9.17, 15) is 13.2 Å². The number of hydrogen-bond donors (Lipinski definition) is 0. The van der Waals surface area contributed by atoms with E-state index in [1.54, 1.807) is 0 Å². The third-order valence-corrected chi connectivity index (χ3v) is 5.52. The predicted molar refractivity (Wildman–Crippen MR) is 98.4 cm³/mol. The number of sulfonamides is 1. The smallest absolute Gasteiger partial charge is 0.233 e. The van der Waals surface area contributed by atoms with Crippen molar-refractivity contribution in [2.75, 3.05) is 30.7 Å². The first kappa shape index (κ1) is 20.9. The summed E-state index contributed by atoms with van der Waals surface area (Å²) in [5, 5.41) is 0.100. The highest BCUT2D eigenvalue weighted by atomic mass is 35.5. The molecule has 0 saturated carbocycles. The molecule has 1 aromatic rings.